The fourth-order valence-electron chi connectivity index (χ4n) is 0.230. The van der Waals surface area contributed by atoms with Gasteiger partial charge in [0.15, 0.2) is 5.12 Å². The number of carbonyl (C=O) groups is 1. The summed E-state index contributed by atoms with van der Waals surface area (Å²) in [5.41, 5.74) is 0. The average Bonchev–Trinajstić information content (AvgIpc) is 1.85. The molecule has 0 N–H and O–H groups in total. The maximum absolute atomic E-state index is 10.5. The Labute approximate surface area is 70.7 Å². The fourth-order valence-corrected chi connectivity index (χ4v) is 2.07. The van der Waals surface area contributed by atoms with Crippen LogP contribution in [0.3, 0.4) is 0 Å². The average molecular weight is 178 g/mol. The lowest BCUT2D eigenvalue weighted by molar-refractivity contribution is -0.109. The van der Waals surface area contributed by atoms with Crippen LogP contribution in [-0.4, -0.2) is 9.86 Å². The Hall–Kier alpha value is 0.370. The molecular weight excluding hydrogens is 164 g/mol. The molecule has 0 saturated heterocycles. The van der Waals surface area contributed by atoms with E-state index < -0.39 is 0 Å². The highest BCUT2D eigenvalue weighted by atomic mass is 33.1. The highest BCUT2D eigenvalue weighted by Gasteiger charge is 2.16. The van der Waals surface area contributed by atoms with E-state index in [1.807, 2.05) is 0 Å². The minimum Gasteiger partial charge on any atom is -0.287 e. The van der Waals surface area contributed by atoms with E-state index in [0.29, 0.717) is 0 Å². The van der Waals surface area contributed by atoms with Crippen molar-refractivity contribution in [1.82, 2.24) is 0 Å². The molecule has 0 fully saturated rings. The summed E-state index contributed by atoms with van der Waals surface area (Å²) in [6.45, 7) is 8.03. The van der Waals surface area contributed by atoms with Crippen LogP contribution in [-0.2, 0) is 4.79 Å². The normalized spacial score (nSPS) is 11.6. The first-order chi connectivity index (χ1) is 4.48. The molecule has 0 heterocycles. The Kier molecular flexibility index (Phi) is 4.45. The van der Waals surface area contributed by atoms with Crippen molar-refractivity contribution >= 4 is 26.7 Å². The molecule has 0 radical (unpaired) electrons. The molecule has 0 spiro atoms. The highest BCUT2D eigenvalue weighted by molar-refractivity contribution is 8.82. The molecule has 3 heteroatoms. The molecule has 0 amide bonds. The SMILES string of the molecule is CCC(C)(C)SSC(C)=O. The first kappa shape index (κ1) is 10.4. The van der Waals surface area contributed by atoms with Gasteiger partial charge in [0, 0.05) is 11.7 Å². The monoisotopic (exact) mass is 178 g/mol. The Bertz CT molecular complexity index is 121. The second kappa shape index (κ2) is 4.29. The number of hydrogen-bond donors (Lipinski definition) is 0. The molecule has 0 aromatic heterocycles. The molecule has 0 atom stereocenters. The molecule has 1 nitrogen and oxygen atoms in total. The maximum Gasteiger partial charge on any atom is 0.196 e. The third-order valence-electron chi connectivity index (χ3n) is 1.24. The van der Waals surface area contributed by atoms with Crippen LogP contribution in [0.1, 0.15) is 34.1 Å². The molecule has 0 aliphatic carbocycles. The van der Waals surface area contributed by atoms with Crippen molar-refractivity contribution in [3.8, 4) is 0 Å². The molecule has 0 aromatic rings. The van der Waals surface area contributed by atoms with Gasteiger partial charge in [-0.25, -0.2) is 0 Å². The smallest absolute Gasteiger partial charge is 0.196 e. The second-order valence-corrected chi connectivity index (χ2v) is 5.78. The zero-order chi connectivity index (χ0) is 8.20. The van der Waals surface area contributed by atoms with Crippen LogP contribution in [0.4, 0.5) is 0 Å². The van der Waals surface area contributed by atoms with Crippen molar-refractivity contribution in [2.45, 2.75) is 38.9 Å². The van der Waals surface area contributed by atoms with Gasteiger partial charge in [0.2, 0.25) is 0 Å². The van der Waals surface area contributed by atoms with Crippen molar-refractivity contribution in [2.75, 3.05) is 0 Å². The van der Waals surface area contributed by atoms with Crippen molar-refractivity contribution < 1.29 is 4.79 Å². The van der Waals surface area contributed by atoms with Crippen molar-refractivity contribution in [1.29, 1.82) is 0 Å². The summed E-state index contributed by atoms with van der Waals surface area (Å²) in [4.78, 5) is 10.5. The minimum atomic E-state index is 0.187. The molecule has 0 rings (SSSR count). The maximum atomic E-state index is 10.5. The lowest BCUT2D eigenvalue weighted by atomic mass is 10.1. The Morgan fingerprint density at radius 1 is 1.50 bits per heavy atom. The summed E-state index contributed by atoms with van der Waals surface area (Å²) in [6, 6.07) is 0. The van der Waals surface area contributed by atoms with Crippen molar-refractivity contribution in [2.24, 2.45) is 0 Å². The molecule has 0 aliphatic rings. The van der Waals surface area contributed by atoms with Gasteiger partial charge >= 0.3 is 0 Å². The topological polar surface area (TPSA) is 17.1 Å². The summed E-state index contributed by atoms with van der Waals surface area (Å²) in [6.07, 6.45) is 1.10. The van der Waals surface area contributed by atoms with Crippen LogP contribution in [0.25, 0.3) is 0 Å². The van der Waals surface area contributed by atoms with E-state index in [2.05, 4.69) is 20.8 Å². The van der Waals surface area contributed by atoms with Gasteiger partial charge in [0.25, 0.3) is 0 Å². The van der Waals surface area contributed by atoms with Gasteiger partial charge in [0.05, 0.1) is 0 Å². The van der Waals surface area contributed by atoms with E-state index in [4.69, 9.17) is 0 Å². The molecule has 0 aromatic carbocycles. The van der Waals surface area contributed by atoms with Gasteiger partial charge in [-0.2, -0.15) is 0 Å². The van der Waals surface area contributed by atoms with E-state index >= 15 is 0 Å². The molecule has 0 saturated carbocycles. The molecular formula is C7H14OS2. The Balaban J connectivity index is 3.56. The van der Waals surface area contributed by atoms with E-state index in [9.17, 15) is 4.79 Å². The third kappa shape index (κ3) is 5.18. The molecule has 60 valence electrons. The first-order valence-electron chi connectivity index (χ1n) is 3.34. The quantitative estimate of drug-likeness (QED) is 0.618. The van der Waals surface area contributed by atoms with Gasteiger partial charge in [-0.05, 0) is 31.1 Å². The van der Waals surface area contributed by atoms with Crippen molar-refractivity contribution in [3.63, 3.8) is 0 Å². The third-order valence-corrected chi connectivity index (χ3v) is 4.60. The summed E-state index contributed by atoms with van der Waals surface area (Å²) >= 11 is 0. The Morgan fingerprint density at radius 3 is 2.30 bits per heavy atom. The predicted molar refractivity (Wildman–Crippen MR) is 50.2 cm³/mol. The minimum absolute atomic E-state index is 0.187. The largest absolute Gasteiger partial charge is 0.287 e. The summed E-state index contributed by atoms with van der Waals surface area (Å²) in [5, 5.41) is 0.187. The fraction of sp³-hybridized carbons (Fsp3) is 0.857. The van der Waals surface area contributed by atoms with Gasteiger partial charge in [-0.15, -0.1) is 0 Å². The first-order valence-corrected chi connectivity index (χ1v) is 5.49. The highest BCUT2D eigenvalue weighted by Crippen LogP contribution is 2.37. The second-order valence-electron chi connectivity index (χ2n) is 2.77. The standard InChI is InChI=1S/C7H14OS2/c1-5-7(3,4)10-9-6(2)8/h5H2,1-4H3. The Morgan fingerprint density at radius 2 is 2.00 bits per heavy atom. The van der Waals surface area contributed by atoms with E-state index in [-0.39, 0.29) is 9.86 Å². The summed E-state index contributed by atoms with van der Waals surface area (Å²) < 4.78 is 0.232. The summed E-state index contributed by atoms with van der Waals surface area (Å²) in [7, 11) is 2.99. The zero-order valence-electron chi connectivity index (χ0n) is 6.93. The number of rotatable bonds is 3. The zero-order valence-corrected chi connectivity index (χ0v) is 8.56. The van der Waals surface area contributed by atoms with Crippen molar-refractivity contribution in [3.05, 3.63) is 0 Å². The number of carbonyl (C=O) groups excluding carboxylic acids is 1. The van der Waals surface area contributed by atoms with E-state index in [1.165, 1.54) is 10.8 Å². The van der Waals surface area contributed by atoms with Gasteiger partial charge < -0.3 is 0 Å². The lowest BCUT2D eigenvalue weighted by Gasteiger charge is -2.19. The van der Waals surface area contributed by atoms with E-state index in [0.717, 1.165) is 6.42 Å². The van der Waals surface area contributed by atoms with Crippen LogP contribution >= 0.6 is 21.6 Å². The molecule has 0 unspecified atom stereocenters. The predicted octanol–water partition coefficient (Wildman–Crippen LogP) is 3.10. The van der Waals surface area contributed by atoms with Gasteiger partial charge in [-0.1, -0.05) is 17.7 Å². The number of hydrogen-bond acceptors (Lipinski definition) is 3. The van der Waals surface area contributed by atoms with Crippen LogP contribution in [0.5, 0.6) is 0 Å². The lowest BCUT2D eigenvalue weighted by Crippen LogP contribution is -2.10. The molecule has 0 aliphatic heterocycles. The van der Waals surface area contributed by atoms with Gasteiger partial charge in [0.1, 0.15) is 0 Å². The molecule has 10 heavy (non-hydrogen) atoms. The summed E-state index contributed by atoms with van der Waals surface area (Å²) in [5.74, 6) is 0. The van der Waals surface area contributed by atoms with Crippen LogP contribution in [0.2, 0.25) is 0 Å². The van der Waals surface area contributed by atoms with E-state index in [1.54, 1.807) is 17.7 Å². The van der Waals surface area contributed by atoms with Crippen LogP contribution < -0.4 is 0 Å². The van der Waals surface area contributed by atoms with Crippen LogP contribution in [0, 0.1) is 0 Å². The van der Waals surface area contributed by atoms with Crippen LogP contribution in [0.15, 0.2) is 0 Å². The molecule has 0 bridgehead atoms. The van der Waals surface area contributed by atoms with Gasteiger partial charge in [-0.3, -0.25) is 4.79 Å².